The van der Waals surface area contributed by atoms with Gasteiger partial charge in [0.1, 0.15) is 17.3 Å². The van der Waals surface area contributed by atoms with E-state index in [0.29, 0.717) is 50.8 Å². The van der Waals surface area contributed by atoms with E-state index in [1.807, 2.05) is 0 Å². The highest BCUT2D eigenvalue weighted by atomic mass is 19.4. The van der Waals surface area contributed by atoms with Crippen molar-refractivity contribution in [1.82, 2.24) is 24.4 Å². The van der Waals surface area contributed by atoms with Gasteiger partial charge in [-0.2, -0.15) is 23.1 Å². The summed E-state index contributed by atoms with van der Waals surface area (Å²) < 4.78 is 66.4. The third-order valence-electron chi connectivity index (χ3n) is 8.38. The number of hydrogen-bond acceptors (Lipinski definition) is 11. The van der Waals surface area contributed by atoms with E-state index in [0.717, 1.165) is 31.0 Å². The van der Waals surface area contributed by atoms with Crippen LogP contribution >= 0.6 is 0 Å². The van der Waals surface area contributed by atoms with Gasteiger partial charge in [0.05, 0.1) is 23.7 Å². The number of nitro groups is 1. The molecule has 2 aliphatic rings. The summed E-state index contributed by atoms with van der Waals surface area (Å²) in [4.78, 5) is 53.9. The predicted molar refractivity (Wildman–Crippen MR) is 167 cm³/mol. The Hall–Kier alpha value is -5.23. The van der Waals surface area contributed by atoms with Crippen LogP contribution in [0, 0.1) is 15.9 Å². The molecule has 2 fully saturated rings. The number of rotatable bonds is 9. The van der Waals surface area contributed by atoms with Gasteiger partial charge in [-0.1, -0.05) is 0 Å². The zero-order chi connectivity index (χ0) is 34.9. The second-order valence-corrected chi connectivity index (χ2v) is 11.5. The maximum Gasteiger partial charge on any atom is 0.422 e. The number of fused-ring (bicyclic) bond motifs is 1. The van der Waals surface area contributed by atoms with Crippen molar-refractivity contribution in [2.75, 3.05) is 55.8 Å². The molecule has 0 bridgehead atoms. The molecule has 0 N–H and O–H groups in total. The maximum atomic E-state index is 14.2. The van der Waals surface area contributed by atoms with Crippen LogP contribution < -0.4 is 14.5 Å². The van der Waals surface area contributed by atoms with Gasteiger partial charge in [-0.05, 0) is 37.1 Å². The number of carbonyl (C=O) groups excluding carboxylic acids is 2. The Balaban J connectivity index is 1.41. The number of halogens is 4. The Bertz CT molecular complexity index is 1890. The van der Waals surface area contributed by atoms with E-state index in [9.17, 15) is 37.3 Å². The molecule has 49 heavy (non-hydrogen) atoms. The highest BCUT2D eigenvalue weighted by molar-refractivity contribution is 6.00. The lowest BCUT2D eigenvalue weighted by molar-refractivity contribution is -0.384. The second-order valence-electron chi connectivity index (χ2n) is 11.5. The lowest BCUT2D eigenvalue weighted by Gasteiger charge is -2.40. The minimum atomic E-state index is -4.81. The van der Waals surface area contributed by atoms with Gasteiger partial charge in [0.15, 0.2) is 12.9 Å². The van der Waals surface area contributed by atoms with Crippen molar-refractivity contribution in [3.8, 4) is 11.7 Å². The number of benzene rings is 1. The number of nitrogens with zero attached hydrogens (tertiary/aromatic N) is 8. The molecule has 6 rings (SSSR count). The van der Waals surface area contributed by atoms with Crippen LogP contribution in [-0.4, -0.2) is 99.8 Å². The SMILES string of the molecule is CC(=O)N(c1nccc(-n2cc(C=O)c3ccc(F)cc32)n1)c1cc([N+](=O)[O-])c(N2CCC(N3CCOCC3)CC2)nc1OCC(F)(F)F. The van der Waals surface area contributed by atoms with E-state index in [2.05, 4.69) is 19.9 Å². The molecule has 18 heteroatoms. The molecule has 14 nitrogen and oxygen atoms in total. The molecule has 0 saturated carbocycles. The minimum Gasteiger partial charge on any atom is -0.466 e. The van der Waals surface area contributed by atoms with Crippen LogP contribution in [0.25, 0.3) is 16.7 Å². The van der Waals surface area contributed by atoms with Crippen LogP contribution in [-0.2, 0) is 9.53 Å². The molecular formula is C31H30F4N8O6. The lowest BCUT2D eigenvalue weighted by atomic mass is 10.0. The zero-order valence-electron chi connectivity index (χ0n) is 26.1. The van der Waals surface area contributed by atoms with Crippen molar-refractivity contribution in [2.45, 2.75) is 32.0 Å². The molecular weight excluding hydrogens is 656 g/mol. The van der Waals surface area contributed by atoms with Crippen LogP contribution in [0.4, 0.5) is 40.7 Å². The lowest BCUT2D eigenvalue weighted by Crippen LogP contribution is -2.49. The Morgan fingerprint density at radius 2 is 1.88 bits per heavy atom. The van der Waals surface area contributed by atoms with Crippen LogP contribution in [0.5, 0.6) is 5.88 Å². The first-order valence-corrected chi connectivity index (χ1v) is 15.3. The van der Waals surface area contributed by atoms with Crippen molar-refractivity contribution in [1.29, 1.82) is 0 Å². The zero-order valence-corrected chi connectivity index (χ0v) is 26.1. The number of anilines is 3. The molecule has 4 aromatic rings. The number of pyridine rings is 1. The summed E-state index contributed by atoms with van der Waals surface area (Å²) in [5, 5.41) is 12.8. The van der Waals surface area contributed by atoms with Gasteiger partial charge >= 0.3 is 11.9 Å². The summed E-state index contributed by atoms with van der Waals surface area (Å²) in [6.45, 7) is 2.66. The number of piperidine rings is 1. The molecule has 258 valence electrons. The van der Waals surface area contributed by atoms with E-state index >= 15 is 0 Å². The third-order valence-corrected chi connectivity index (χ3v) is 8.38. The fraction of sp³-hybridized carbons (Fsp3) is 0.387. The van der Waals surface area contributed by atoms with Crippen molar-refractivity contribution in [3.05, 3.63) is 64.2 Å². The van der Waals surface area contributed by atoms with Gasteiger partial charge in [0.25, 0.3) is 0 Å². The number of alkyl halides is 3. The smallest absolute Gasteiger partial charge is 0.422 e. The molecule has 0 spiro atoms. The van der Waals surface area contributed by atoms with E-state index in [4.69, 9.17) is 9.47 Å². The van der Waals surface area contributed by atoms with Gasteiger partial charge < -0.3 is 18.9 Å². The van der Waals surface area contributed by atoms with Crippen molar-refractivity contribution in [3.63, 3.8) is 0 Å². The van der Waals surface area contributed by atoms with Gasteiger partial charge in [-0.25, -0.2) is 14.3 Å². The van der Waals surface area contributed by atoms with Gasteiger partial charge in [-0.15, -0.1) is 0 Å². The van der Waals surface area contributed by atoms with E-state index in [1.165, 1.54) is 41.2 Å². The average Bonchev–Trinajstić information content (AvgIpc) is 3.45. The number of morpholine rings is 1. The third kappa shape index (κ3) is 7.14. The number of ether oxygens (including phenoxy) is 2. The molecule has 2 saturated heterocycles. The number of aromatic nitrogens is 4. The van der Waals surface area contributed by atoms with Crippen molar-refractivity contribution in [2.24, 2.45) is 0 Å². The molecule has 0 unspecified atom stereocenters. The highest BCUT2D eigenvalue weighted by Gasteiger charge is 2.36. The molecule has 0 aliphatic carbocycles. The number of amides is 1. The van der Waals surface area contributed by atoms with E-state index in [1.54, 1.807) is 4.90 Å². The minimum absolute atomic E-state index is 0.0555. The summed E-state index contributed by atoms with van der Waals surface area (Å²) >= 11 is 0. The van der Waals surface area contributed by atoms with Crippen molar-refractivity contribution >= 4 is 46.2 Å². The molecule has 1 amide bonds. The molecule has 3 aromatic heterocycles. The Morgan fingerprint density at radius 3 is 2.53 bits per heavy atom. The fourth-order valence-electron chi connectivity index (χ4n) is 6.14. The van der Waals surface area contributed by atoms with Gasteiger partial charge in [0.2, 0.25) is 23.6 Å². The molecule has 5 heterocycles. The quantitative estimate of drug-likeness (QED) is 0.105. The first-order valence-electron chi connectivity index (χ1n) is 15.3. The highest BCUT2D eigenvalue weighted by Crippen LogP contribution is 2.41. The Labute approximate surface area is 276 Å². The first kappa shape index (κ1) is 33.7. The van der Waals surface area contributed by atoms with Gasteiger partial charge in [-0.3, -0.25) is 24.6 Å². The first-order chi connectivity index (χ1) is 23.4. The molecule has 2 aliphatic heterocycles. The fourth-order valence-corrected chi connectivity index (χ4v) is 6.14. The molecule has 1 aromatic carbocycles. The summed E-state index contributed by atoms with van der Waals surface area (Å²) in [5.41, 5.74) is -0.589. The number of hydrogen-bond donors (Lipinski definition) is 0. The van der Waals surface area contributed by atoms with Gasteiger partial charge in [0, 0.05) is 68.6 Å². The predicted octanol–water partition coefficient (Wildman–Crippen LogP) is 4.60. The Morgan fingerprint density at radius 1 is 1.14 bits per heavy atom. The normalized spacial score (nSPS) is 16.1. The maximum absolute atomic E-state index is 14.2. The molecule has 0 radical (unpaired) electrons. The number of aldehydes is 1. The average molecular weight is 687 g/mol. The van der Waals surface area contributed by atoms with Crippen molar-refractivity contribution < 1.29 is 41.5 Å². The summed E-state index contributed by atoms with van der Waals surface area (Å²) in [7, 11) is 0. The standard InChI is InChI=1S/C31H30F4N8O6/c1-19(45)42(30-36-7-4-27(37-30)41-16-20(17-44)23-3-2-21(32)14-24(23)41)26-15-25(43(46)47)28(38-29(26)49-18-31(33,34)35)40-8-5-22(6-9-40)39-10-12-48-13-11-39/h2-4,7,14-17,22H,5-6,8-13,18H2,1H3. The van der Waals surface area contributed by atoms with E-state index in [-0.39, 0.29) is 28.8 Å². The second kappa shape index (κ2) is 13.7. The summed E-state index contributed by atoms with van der Waals surface area (Å²) in [6.07, 6.45) is -0.363. The monoisotopic (exact) mass is 686 g/mol. The number of carbonyl (C=O) groups is 2. The Kier molecular flexibility index (Phi) is 9.42. The van der Waals surface area contributed by atoms with Crippen LogP contribution in [0.2, 0.25) is 0 Å². The van der Waals surface area contributed by atoms with Crippen LogP contribution in [0.15, 0.2) is 42.7 Å². The summed E-state index contributed by atoms with van der Waals surface area (Å²) in [5.74, 6) is -2.68. The van der Waals surface area contributed by atoms with Crippen LogP contribution in [0.3, 0.4) is 0 Å². The topological polar surface area (TPSA) is 149 Å². The van der Waals surface area contributed by atoms with E-state index < -0.39 is 52.6 Å². The summed E-state index contributed by atoms with van der Waals surface area (Å²) in [6, 6.07) is 6.29. The largest absolute Gasteiger partial charge is 0.466 e. The molecule has 0 atom stereocenters. The van der Waals surface area contributed by atoms with Crippen LogP contribution in [0.1, 0.15) is 30.1 Å².